The number of carbonyl (C=O) groups is 1. The molecule has 1 aliphatic heterocycles. The largest absolute Gasteiger partial charge is 0.495 e. The number of methoxy groups -OCH3 is 1. The highest BCUT2D eigenvalue weighted by molar-refractivity contribution is 5.91. The van der Waals surface area contributed by atoms with Crippen LogP contribution in [0.25, 0.3) is 0 Å². The van der Waals surface area contributed by atoms with Crippen molar-refractivity contribution in [3.8, 4) is 5.75 Å². The number of nitrogens with one attached hydrogen (secondary N) is 2. The number of anilines is 2. The maximum absolute atomic E-state index is 12.4. The van der Waals surface area contributed by atoms with Crippen LogP contribution in [0.5, 0.6) is 5.75 Å². The molecule has 0 aromatic heterocycles. The Bertz CT molecular complexity index is 750. The van der Waals surface area contributed by atoms with E-state index in [4.69, 9.17) is 4.74 Å². The fraction of sp³-hybridized carbons (Fsp3) is 0.409. The molecule has 0 aliphatic carbocycles. The van der Waals surface area contributed by atoms with E-state index >= 15 is 0 Å². The van der Waals surface area contributed by atoms with E-state index in [1.54, 1.807) is 7.11 Å². The van der Waals surface area contributed by atoms with Gasteiger partial charge in [0.2, 0.25) is 0 Å². The van der Waals surface area contributed by atoms with Crippen LogP contribution in [-0.4, -0.2) is 45.7 Å². The molecule has 0 bridgehead atoms. The number of quaternary nitrogens is 1. The van der Waals surface area contributed by atoms with E-state index in [2.05, 4.69) is 42.3 Å². The van der Waals surface area contributed by atoms with Gasteiger partial charge in [-0.25, -0.2) is 0 Å². The van der Waals surface area contributed by atoms with Crippen molar-refractivity contribution < 1.29 is 14.4 Å². The van der Waals surface area contributed by atoms with Crippen molar-refractivity contribution in [2.75, 3.05) is 50.1 Å². The Balaban J connectivity index is 1.49. The Morgan fingerprint density at radius 3 is 2.41 bits per heavy atom. The first kappa shape index (κ1) is 19.2. The molecule has 2 aromatic rings. The first-order valence-electron chi connectivity index (χ1n) is 9.68. The molecule has 2 N–H and O–H groups in total. The van der Waals surface area contributed by atoms with Crippen molar-refractivity contribution in [1.82, 2.24) is 0 Å². The van der Waals surface area contributed by atoms with Crippen LogP contribution in [0.4, 0.5) is 11.4 Å². The Hall–Kier alpha value is -2.53. The normalized spacial score (nSPS) is 15.0. The quantitative estimate of drug-likeness (QED) is 0.821. The van der Waals surface area contributed by atoms with Gasteiger partial charge in [-0.15, -0.1) is 0 Å². The number of piperazine rings is 1. The van der Waals surface area contributed by atoms with Gasteiger partial charge in [-0.2, -0.15) is 0 Å². The van der Waals surface area contributed by atoms with Crippen molar-refractivity contribution in [2.45, 2.75) is 19.8 Å². The smallest absolute Gasteiger partial charge is 0.279 e. The third-order valence-electron chi connectivity index (χ3n) is 5.17. The Morgan fingerprint density at radius 1 is 1.11 bits per heavy atom. The average molecular weight is 369 g/mol. The first-order chi connectivity index (χ1) is 13.1. The van der Waals surface area contributed by atoms with Crippen LogP contribution in [0.15, 0.2) is 48.5 Å². The zero-order valence-electron chi connectivity index (χ0n) is 16.5. The van der Waals surface area contributed by atoms with E-state index in [1.807, 2.05) is 30.3 Å². The number of benzene rings is 2. The predicted molar refractivity (Wildman–Crippen MR) is 110 cm³/mol. The zero-order chi connectivity index (χ0) is 19.2. The standard InChI is InChI=1S/C22H29N3O2/c1-17(2)18-8-10-19(11-9-18)23-22(26)16-24-12-14-25(15-13-24)20-6-4-5-7-21(20)27-3/h4-11,17H,12-16H2,1-3H3,(H,23,26)/p+1. The summed E-state index contributed by atoms with van der Waals surface area (Å²) in [5, 5.41) is 3.02. The van der Waals surface area contributed by atoms with Crippen molar-refractivity contribution in [3.63, 3.8) is 0 Å². The van der Waals surface area contributed by atoms with Gasteiger partial charge in [-0.05, 0) is 35.7 Å². The monoisotopic (exact) mass is 368 g/mol. The van der Waals surface area contributed by atoms with Crippen LogP contribution in [0, 0.1) is 0 Å². The SMILES string of the molecule is COc1ccccc1N1CC[NH+](CC(=O)Nc2ccc(C(C)C)cc2)CC1. The van der Waals surface area contributed by atoms with Crippen LogP contribution in [0.2, 0.25) is 0 Å². The average Bonchev–Trinajstić information content (AvgIpc) is 2.69. The molecular weight excluding hydrogens is 338 g/mol. The molecule has 5 nitrogen and oxygen atoms in total. The van der Waals surface area contributed by atoms with E-state index in [0.717, 1.165) is 43.3 Å². The van der Waals surface area contributed by atoms with Crippen molar-refractivity contribution in [1.29, 1.82) is 0 Å². The van der Waals surface area contributed by atoms with E-state index in [0.29, 0.717) is 12.5 Å². The number of ether oxygens (including phenoxy) is 1. The van der Waals surface area contributed by atoms with Gasteiger partial charge in [0.1, 0.15) is 5.75 Å². The summed E-state index contributed by atoms with van der Waals surface area (Å²) < 4.78 is 5.47. The molecule has 0 unspecified atom stereocenters. The first-order valence-corrected chi connectivity index (χ1v) is 9.68. The summed E-state index contributed by atoms with van der Waals surface area (Å²) in [6.45, 7) is 8.57. The minimum atomic E-state index is 0.0769. The topological polar surface area (TPSA) is 46.0 Å². The molecule has 27 heavy (non-hydrogen) atoms. The molecule has 0 atom stereocenters. The van der Waals surface area contributed by atoms with E-state index in [-0.39, 0.29) is 5.91 Å². The molecule has 144 valence electrons. The number of para-hydroxylation sites is 2. The molecule has 1 amide bonds. The van der Waals surface area contributed by atoms with Gasteiger partial charge in [-0.3, -0.25) is 4.79 Å². The highest BCUT2D eigenvalue weighted by Crippen LogP contribution is 2.27. The van der Waals surface area contributed by atoms with Gasteiger partial charge in [0, 0.05) is 5.69 Å². The second-order valence-electron chi connectivity index (χ2n) is 7.41. The van der Waals surface area contributed by atoms with Crippen LogP contribution < -0.4 is 19.9 Å². The molecule has 2 aromatic carbocycles. The third kappa shape index (κ3) is 5.01. The summed E-state index contributed by atoms with van der Waals surface area (Å²) in [7, 11) is 1.71. The van der Waals surface area contributed by atoms with E-state index in [9.17, 15) is 4.79 Å². The van der Waals surface area contributed by atoms with Crippen LogP contribution in [-0.2, 0) is 4.79 Å². The van der Waals surface area contributed by atoms with Crippen LogP contribution in [0.1, 0.15) is 25.3 Å². The molecule has 0 spiro atoms. The maximum Gasteiger partial charge on any atom is 0.279 e. The molecule has 1 fully saturated rings. The number of carbonyl (C=O) groups excluding carboxylic acids is 1. The highest BCUT2D eigenvalue weighted by atomic mass is 16.5. The number of hydrogen-bond acceptors (Lipinski definition) is 3. The predicted octanol–water partition coefficient (Wildman–Crippen LogP) is 2.16. The summed E-state index contributed by atoms with van der Waals surface area (Å²) in [5.41, 5.74) is 3.29. The lowest BCUT2D eigenvalue weighted by atomic mass is 10.0. The Morgan fingerprint density at radius 2 is 1.78 bits per heavy atom. The second-order valence-corrected chi connectivity index (χ2v) is 7.41. The summed E-state index contributed by atoms with van der Waals surface area (Å²) >= 11 is 0. The van der Waals surface area contributed by atoms with Crippen molar-refractivity contribution >= 4 is 17.3 Å². The Labute approximate surface area is 161 Å². The van der Waals surface area contributed by atoms with Gasteiger partial charge in [0.15, 0.2) is 6.54 Å². The summed E-state index contributed by atoms with van der Waals surface area (Å²) in [4.78, 5) is 16.0. The van der Waals surface area contributed by atoms with Gasteiger partial charge < -0.3 is 19.9 Å². The highest BCUT2D eigenvalue weighted by Gasteiger charge is 2.23. The lowest BCUT2D eigenvalue weighted by molar-refractivity contribution is -0.892. The molecule has 3 rings (SSSR count). The fourth-order valence-electron chi connectivity index (χ4n) is 3.52. The molecule has 1 aliphatic rings. The summed E-state index contributed by atoms with van der Waals surface area (Å²) in [5.74, 6) is 1.48. The molecule has 5 heteroatoms. The maximum atomic E-state index is 12.4. The Kier molecular flexibility index (Phi) is 6.35. The number of rotatable bonds is 6. The van der Waals surface area contributed by atoms with Crippen molar-refractivity contribution in [2.24, 2.45) is 0 Å². The van der Waals surface area contributed by atoms with Gasteiger partial charge in [-0.1, -0.05) is 38.1 Å². The fourth-order valence-corrected chi connectivity index (χ4v) is 3.52. The third-order valence-corrected chi connectivity index (χ3v) is 5.17. The summed E-state index contributed by atoms with van der Waals surface area (Å²) in [6.07, 6.45) is 0. The molecule has 0 saturated carbocycles. The van der Waals surface area contributed by atoms with E-state index in [1.165, 1.54) is 10.5 Å². The zero-order valence-corrected chi connectivity index (χ0v) is 16.5. The van der Waals surface area contributed by atoms with Crippen LogP contribution in [0.3, 0.4) is 0 Å². The lowest BCUT2D eigenvalue weighted by Gasteiger charge is -2.34. The van der Waals surface area contributed by atoms with E-state index < -0.39 is 0 Å². The van der Waals surface area contributed by atoms with Gasteiger partial charge in [0.05, 0.1) is 39.0 Å². The molecule has 1 heterocycles. The molecule has 1 saturated heterocycles. The number of amides is 1. The van der Waals surface area contributed by atoms with Crippen molar-refractivity contribution in [3.05, 3.63) is 54.1 Å². The number of hydrogen-bond donors (Lipinski definition) is 2. The molecular formula is C22H30N3O2+. The second kappa shape index (κ2) is 8.91. The lowest BCUT2D eigenvalue weighted by Crippen LogP contribution is -3.15. The number of nitrogens with zero attached hydrogens (tertiary/aromatic N) is 1. The molecule has 0 radical (unpaired) electrons. The van der Waals surface area contributed by atoms with Gasteiger partial charge in [0.25, 0.3) is 5.91 Å². The van der Waals surface area contributed by atoms with Gasteiger partial charge >= 0.3 is 0 Å². The summed E-state index contributed by atoms with van der Waals surface area (Å²) in [6, 6.07) is 16.3. The minimum absolute atomic E-state index is 0.0769. The minimum Gasteiger partial charge on any atom is -0.495 e. The van der Waals surface area contributed by atoms with Crippen LogP contribution >= 0.6 is 0 Å².